The van der Waals surface area contributed by atoms with Gasteiger partial charge in [-0.3, -0.25) is 9.13 Å². The molecule has 0 bridgehead atoms. The van der Waals surface area contributed by atoms with Crippen LogP contribution in [-0.2, 0) is 20.9 Å². The number of imidazole rings is 1. The molecule has 0 saturated heterocycles. The monoisotopic (exact) mass is 666 g/mol. The van der Waals surface area contributed by atoms with Crippen LogP contribution in [-0.4, -0.2) is 58.6 Å². The number of carbonyl (C=O) groups is 1. The zero-order chi connectivity index (χ0) is 34.2. The number of carbonyl (C=O) groups excluding carboxylic acids is 1. The molecule has 2 atom stereocenters. The lowest BCUT2D eigenvalue weighted by Crippen LogP contribution is -2.42. The van der Waals surface area contributed by atoms with E-state index in [1.807, 2.05) is 6.92 Å². The predicted molar refractivity (Wildman–Crippen MR) is 175 cm³/mol. The van der Waals surface area contributed by atoms with Crippen LogP contribution in [0.5, 0.6) is 0 Å². The van der Waals surface area contributed by atoms with Gasteiger partial charge in [0.05, 0.1) is 37.7 Å². The fourth-order valence-electron chi connectivity index (χ4n) is 6.37. The van der Waals surface area contributed by atoms with Crippen molar-refractivity contribution in [2.24, 2.45) is 4.36 Å². The van der Waals surface area contributed by atoms with Crippen LogP contribution in [0.3, 0.4) is 0 Å². The van der Waals surface area contributed by atoms with Crippen molar-refractivity contribution in [2.45, 2.75) is 89.5 Å². The van der Waals surface area contributed by atoms with Crippen LogP contribution >= 0.6 is 0 Å². The number of hydrogen-bond donors (Lipinski definition) is 0. The SMILES string of the molecule is CN=S(=O)(c1ccc(-n2ccn(-c3c4c(nn3-c3cc(C)c(F)c(C)c3)CCN(C(=O)OC(C)(C)C)[C@H]4C)c2=O)c(F)c1C)C1CC1. The molecule has 4 aromatic rings. The Kier molecular flexibility index (Phi) is 7.97. The fourth-order valence-corrected chi connectivity index (χ4v) is 8.79. The van der Waals surface area contributed by atoms with Crippen molar-refractivity contribution in [3.63, 3.8) is 0 Å². The first-order valence-electron chi connectivity index (χ1n) is 15.7. The van der Waals surface area contributed by atoms with Gasteiger partial charge in [0.25, 0.3) is 0 Å². The molecule has 1 fully saturated rings. The van der Waals surface area contributed by atoms with E-state index in [1.54, 1.807) is 69.3 Å². The van der Waals surface area contributed by atoms with Crippen LogP contribution in [0.15, 0.2) is 50.7 Å². The quantitative estimate of drug-likeness (QED) is 0.242. The van der Waals surface area contributed by atoms with Gasteiger partial charge >= 0.3 is 11.8 Å². The van der Waals surface area contributed by atoms with Gasteiger partial charge in [0, 0.05) is 48.8 Å². The van der Waals surface area contributed by atoms with Crippen molar-refractivity contribution in [3.8, 4) is 17.2 Å². The number of benzene rings is 2. The third-order valence-electron chi connectivity index (χ3n) is 8.89. The summed E-state index contributed by atoms with van der Waals surface area (Å²) in [4.78, 5) is 29.5. The van der Waals surface area contributed by atoms with Crippen molar-refractivity contribution >= 4 is 15.8 Å². The summed E-state index contributed by atoms with van der Waals surface area (Å²) < 4.78 is 58.4. The summed E-state index contributed by atoms with van der Waals surface area (Å²) >= 11 is 0. The molecule has 1 saturated carbocycles. The minimum atomic E-state index is -2.78. The topological polar surface area (TPSA) is 104 Å². The highest BCUT2D eigenvalue weighted by Crippen LogP contribution is 2.39. The molecule has 1 aliphatic heterocycles. The summed E-state index contributed by atoms with van der Waals surface area (Å²) in [5, 5.41) is 4.78. The van der Waals surface area contributed by atoms with E-state index in [2.05, 4.69) is 4.36 Å². The number of halogens is 2. The maximum atomic E-state index is 16.1. The average molecular weight is 667 g/mol. The van der Waals surface area contributed by atoms with Crippen molar-refractivity contribution in [1.29, 1.82) is 0 Å². The molecule has 2 aromatic heterocycles. The Morgan fingerprint density at radius 2 is 1.68 bits per heavy atom. The molecule has 1 amide bonds. The average Bonchev–Trinajstić information content (AvgIpc) is 3.70. The lowest BCUT2D eigenvalue weighted by Gasteiger charge is -2.34. The maximum absolute atomic E-state index is 16.1. The molecule has 6 rings (SSSR count). The molecule has 13 heteroatoms. The van der Waals surface area contributed by atoms with E-state index in [0.717, 1.165) is 12.8 Å². The summed E-state index contributed by atoms with van der Waals surface area (Å²) in [7, 11) is -1.28. The molecule has 0 N–H and O–H groups in total. The number of aryl methyl sites for hydroxylation is 2. The van der Waals surface area contributed by atoms with E-state index in [-0.39, 0.29) is 22.3 Å². The first-order chi connectivity index (χ1) is 22.1. The lowest BCUT2D eigenvalue weighted by atomic mass is 10.00. The Labute approximate surface area is 273 Å². The summed E-state index contributed by atoms with van der Waals surface area (Å²) in [6.45, 7) is 12.5. The number of amides is 1. The molecule has 2 aromatic carbocycles. The van der Waals surface area contributed by atoms with Gasteiger partial charge in [0.1, 0.15) is 17.2 Å². The highest BCUT2D eigenvalue weighted by atomic mass is 32.2. The lowest BCUT2D eigenvalue weighted by molar-refractivity contribution is 0.0159. The number of nitrogens with zero attached hydrogens (tertiary/aromatic N) is 6. The number of rotatable bonds is 5. The standard InChI is InChI=1S/C34H40F2N6O4S/c1-19-17-23(18-20(2)29(19)35)42-31(28-22(4)39(14-13-25(28)38-42)33(44)46-34(5,6)7)41-16-15-40(32(41)43)26-11-12-27(21(3)30(26)36)47(45,37-8)24-9-10-24/h11-12,15-18,22,24H,9-10,13-14H2,1-8H3/t22-,47?/m0/s1. The molecule has 0 spiro atoms. The molecule has 2 aliphatic rings. The Bertz CT molecular complexity index is 2090. The number of aromatic nitrogens is 4. The number of ether oxygens (including phenoxy) is 1. The van der Waals surface area contributed by atoms with Crippen LogP contribution in [0.4, 0.5) is 13.6 Å². The van der Waals surface area contributed by atoms with E-state index >= 15 is 4.39 Å². The van der Waals surface area contributed by atoms with Crippen LogP contribution in [0.25, 0.3) is 17.2 Å². The van der Waals surface area contributed by atoms with E-state index < -0.39 is 39.0 Å². The van der Waals surface area contributed by atoms with Crippen LogP contribution in [0.2, 0.25) is 0 Å². The molecule has 10 nitrogen and oxygen atoms in total. The molecular formula is C34H40F2N6O4S. The normalized spacial score (nSPS) is 17.7. The Morgan fingerprint density at radius 1 is 1.04 bits per heavy atom. The van der Waals surface area contributed by atoms with Gasteiger partial charge in [-0.2, -0.15) is 5.10 Å². The zero-order valence-electron chi connectivity index (χ0n) is 27.9. The fraction of sp³-hybridized carbons (Fsp3) is 0.441. The van der Waals surface area contributed by atoms with Crippen LogP contribution < -0.4 is 5.69 Å². The largest absolute Gasteiger partial charge is 0.444 e. The van der Waals surface area contributed by atoms with Crippen LogP contribution in [0, 0.1) is 32.4 Å². The van der Waals surface area contributed by atoms with Gasteiger partial charge in [0.15, 0.2) is 5.82 Å². The van der Waals surface area contributed by atoms with Crippen molar-refractivity contribution in [1.82, 2.24) is 23.8 Å². The second-order valence-electron chi connectivity index (χ2n) is 13.4. The summed E-state index contributed by atoms with van der Waals surface area (Å²) in [6.07, 6.45) is 4.44. The zero-order valence-corrected chi connectivity index (χ0v) is 28.7. The summed E-state index contributed by atoms with van der Waals surface area (Å²) in [6, 6.07) is 5.83. The molecule has 1 aliphatic carbocycles. The number of fused-ring (bicyclic) bond motifs is 1. The third-order valence-corrected chi connectivity index (χ3v) is 11.9. The van der Waals surface area contributed by atoms with E-state index in [0.29, 0.717) is 51.8 Å². The summed E-state index contributed by atoms with van der Waals surface area (Å²) in [5.41, 5.74) is 1.55. The third kappa shape index (κ3) is 5.47. The predicted octanol–water partition coefficient (Wildman–Crippen LogP) is 6.49. The first-order valence-corrected chi connectivity index (χ1v) is 17.3. The van der Waals surface area contributed by atoms with E-state index in [9.17, 15) is 18.2 Å². The van der Waals surface area contributed by atoms with Crippen molar-refractivity contribution < 1.29 is 22.5 Å². The molecule has 3 heterocycles. The van der Waals surface area contributed by atoms with Gasteiger partial charge < -0.3 is 9.64 Å². The van der Waals surface area contributed by atoms with Gasteiger partial charge in [-0.05, 0) is 96.7 Å². The van der Waals surface area contributed by atoms with Crippen LogP contribution in [0.1, 0.15) is 74.5 Å². The van der Waals surface area contributed by atoms with E-state index in [1.165, 1.54) is 34.6 Å². The van der Waals surface area contributed by atoms with Gasteiger partial charge in [0.2, 0.25) is 0 Å². The van der Waals surface area contributed by atoms with Gasteiger partial charge in [-0.15, -0.1) is 0 Å². The smallest absolute Gasteiger partial charge is 0.410 e. The molecule has 0 radical (unpaired) electrons. The second-order valence-corrected chi connectivity index (χ2v) is 16.0. The molecule has 250 valence electrons. The first kappa shape index (κ1) is 32.7. The summed E-state index contributed by atoms with van der Waals surface area (Å²) in [5.74, 6) is -0.648. The minimum Gasteiger partial charge on any atom is -0.444 e. The second kappa shape index (κ2) is 11.5. The Balaban J connectivity index is 1.52. The van der Waals surface area contributed by atoms with E-state index in [4.69, 9.17) is 9.84 Å². The Hall–Kier alpha value is -4.26. The highest BCUT2D eigenvalue weighted by molar-refractivity contribution is 7.94. The number of hydrogen-bond acceptors (Lipinski definition) is 6. The molecule has 1 unspecified atom stereocenters. The van der Waals surface area contributed by atoms with Gasteiger partial charge in [-0.1, -0.05) is 0 Å². The van der Waals surface area contributed by atoms with Gasteiger partial charge in [-0.25, -0.2) is 31.6 Å². The highest BCUT2D eigenvalue weighted by Gasteiger charge is 2.38. The van der Waals surface area contributed by atoms with Crippen molar-refractivity contribution in [3.05, 3.63) is 86.7 Å². The Morgan fingerprint density at radius 3 is 2.28 bits per heavy atom. The van der Waals surface area contributed by atoms with Crippen molar-refractivity contribution in [2.75, 3.05) is 13.6 Å². The molecule has 47 heavy (non-hydrogen) atoms. The minimum absolute atomic E-state index is 0.000448. The maximum Gasteiger partial charge on any atom is 0.410 e. The molecular weight excluding hydrogens is 626 g/mol.